The van der Waals surface area contributed by atoms with E-state index < -0.39 is 11.7 Å². The highest BCUT2D eigenvalue weighted by Gasteiger charge is 2.08. The quantitative estimate of drug-likeness (QED) is 0.838. The van der Waals surface area contributed by atoms with Crippen molar-refractivity contribution in [2.45, 2.75) is 0 Å². The lowest BCUT2D eigenvalue weighted by Crippen LogP contribution is -2.12. The summed E-state index contributed by atoms with van der Waals surface area (Å²) in [7, 11) is 0. The van der Waals surface area contributed by atoms with Crippen molar-refractivity contribution in [2.24, 2.45) is 0 Å². The summed E-state index contributed by atoms with van der Waals surface area (Å²) >= 11 is 5.73. The van der Waals surface area contributed by atoms with Gasteiger partial charge in [0.2, 0.25) is 0 Å². The number of hydrogen-bond donors (Lipinski definition) is 2. The molecule has 0 saturated carbocycles. The van der Waals surface area contributed by atoms with Gasteiger partial charge in [0.05, 0.1) is 0 Å². The third-order valence-electron chi connectivity index (χ3n) is 2.56. The van der Waals surface area contributed by atoms with Crippen LogP contribution in [-0.2, 0) is 0 Å². The number of rotatable bonds is 2. The van der Waals surface area contributed by atoms with Gasteiger partial charge in [-0.05, 0) is 36.4 Å². The van der Waals surface area contributed by atoms with Crippen LogP contribution in [0, 0.1) is 17.7 Å². The van der Waals surface area contributed by atoms with Crippen LogP contribution in [0.15, 0.2) is 42.5 Å². The van der Waals surface area contributed by atoms with E-state index in [2.05, 4.69) is 17.2 Å². The zero-order valence-electron chi connectivity index (χ0n) is 10.9. The molecule has 2 aromatic rings. The molecule has 0 radical (unpaired) electrons. The van der Waals surface area contributed by atoms with Gasteiger partial charge in [0.25, 0.3) is 5.91 Å². The third-order valence-corrected chi connectivity index (χ3v) is 2.78. The van der Waals surface area contributed by atoms with Gasteiger partial charge in [0, 0.05) is 21.8 Å². The molecule has 5 heteroatoms. The molecular formula is C16H11ClFNO2. The number of aliphatic hydroxyl groups is 1. The van der Waals surface area contributed by atoms with E-state index in [4.69, 9.17) is 16.7 Å². The molecule has 0 aromatic heterocycles. The molecule has 3 nitrogen and oxygen atoms in total. The molecule has 0 aliphatic rings. The van der Waals surface area contributed by atoms with Crippen molar-refractivity contribution in [2.75, 3.05) is 11.9 Å². The zero-order valence-corrected chi connectivity index (χ0v) is 11.6. The second-order valence-corrected chi connectivity index (χ2v) is 4.59. The van der Waals surface area contributed by atoms with Crippen molar-refractivity contribution in [3.05, 3.63) is 64.4 Å². The molecule has 2 aromatic carbocycles. The van der Waals surface area contributed by atoms with Crippen molar-refractivity contribution in [1.29, 1.82) is 0 Å². The predicted octanol–water partition coefficient (Wildman–Crippen LogP) is 3.08. The lowest BCUT2D eigenvalue weighted by molar-refractivity contribution is 0.102. The largest absolute Gasteiger partial charge is 0.384 e. The molecule has 0 bridgehead atoms. The van der Waals surface area contributed by atoms with Crippen molar-refractivity contribution in [3.63, 3.8) is 0 Å². The topological polar surface area (TPSA) is 49.3 Å². The third kappa shape index (κ3) is 4.32. The van der Waals surface area contributed by atoms with Gasteiger partial charge in [-0.15, -0.1) is 0 Å². The maximum absolute atomic E-state index is 13.2. The summed E-state index contributed by atoms with van der Waals surface area (Å²) < 4.78 is 13.2. The summed E-state index contributed by atoms with van der Waals surface area (Å²) in [6, 6.07) is 10.4. The Labute approximate surface area is 126 Å². The number of carbonyl (C=O) groups is 1. The number of halogens is 2. The SMILES string of the molecule is O=C(Nc1cc(F)cc(Cl)c1)c1cccc(C#CCO)c1. The maximum Gasteiger partial charge on any atom is 0.255 e. The Morgan fingerprint density at radius 1 is 1.29 bits per heavy atom. The highest BCUT2D eigenvalue weighted by molar-refractivity contribution is 6.31. The first-order valence-corrected chi connectivity index (χ1v) is 6.43. The summed E-state index contributed by atoms with van der Waals surface area (Å²) in [6.07, 6.45) is 0. The summed E-state index contributed by atoms with van der Waals surface area (Å²) in [5.41, 5.74) is 1.26. The summed E-state index contributed by atoms with van der Waals surface area (Å²) in [5.74, 6) is 4.29. The standard InChI is InChI=1S/C16H11ClFNO2/c17-13-8-14(18)10-15(9-13)19-16(21)12-5-1-3-11(7-12)4-2-6-20/h1,3,5,7-10,20H,6H2,(H,19,21). The highest BCUT2D eigenvalue weighted by Crippen LogP contribution is 2.19. The Hall–Kier alpha value is -2.35. The molecule has 2 N–H and O–H groups in total. The number of hydrogen-bond acceptors (Lipinski definition) is 2. The van der Waals surface area contributed by atoms with Crippen molar-refractivity contribution < 1.29 is 14.3 Å². The fourth-order valence-corrected chi connectivity index (χ4v) is 1.93. The summed E-state index contributed by atoms with van der Waals surface area (Å²) in [6.45, 7) is -0.252. The fraction of sp³-hybridized carbons (Fsp3) is 0.0625. The first-order valence-electron chi connectivity index (χ1n) is 6.06. The molecule has 0 spiro atoms. The average molecular weight is 304 g/mol. The van der Waals surface area contributed by atoms with Gasteiger partial charge in [-0.2, -0.15) is 0 Å². The summed E-state index contributed by atoms with van der Waals surface area (Å²) in [5, 5.41) is 11.4. The molecule has 0 saturated heterocycles. The first-order chi connectivity index (χ1) is 10.1. The van der Waals surface area contributed by atoms with Crippen LogP contribution in [0.25, 0.3) is 0 Å². The number of nitrogens with one attached hydrogen (secondary N) is 1. The van der Waals surface area contributed by atoms with Gasteiger partial charge in [-0.25, -0.2) is 4.39 Å². The van der Waals surface area contributed by atoms with E-state index in [0.717, 1.165) is 6.07 Å². The predicted molar refractivity (Wildman–Crippen MR) is 79.8 cm³/mol. The molecule has 1 amide bonds. The van der Waals surface area contributed by atoms with Crippen molar-refractivity contribution in [1.82, 2.24) is 0 Å². The van der Waals surface area contributed by atoms with Gasteiger partial charge < -0.3 is 10.4 Å². The maximum atomic E-state index is 13.2. The molecule has 0 aliphatic heterocycles. The molecule has 0 aliphatic carbocycles. The van der Waals surface area contributed by atoms with Crippen LogP contribution >= 0.6 is 11.6 Å². The second kappa shape index (κ2) is 6.89. The highest BCUT2D eigenvalue weighted by atomic mass is 35.5. The van der Waals surface area contributed by atoms with Crippen LogP contribution < -0.4 is 5.32 Å². The van der Waals surface area contributed by atoms with E-state index in [0.29, 0.717) is 11.1 Å². The molecule has 0 atom stereocenters. The first kappa shape index (κ1) is 15.0. The van der Waals surface area contributed by atoms with Crippen LogP contribution in [0.1, 0.15) is 15.9 Å². The van der Waals surface area contributed by atoms with E-state index >= 15 is 0 Å². The van der Waals surface area contributed by atoms with E-state index in [1.807, 2.05) is 0 Å². The Kier molecular flexibility index (Phi) is 4.94. The number of amides is 1. The van der Waals surface area contributed by atoms with Crippen LogP contribution in [-0.4, -0.2) is 17.6 Å². The molecular weight excluding hydrogens is 293 g/mol. The smallest absolute Gasteiger partial charge is 0.255 e. The fourth-order valence-electron chi connectivity index (χ4n) is 1.71. The molecule has 0 unspecified atom stereocenters. The van der Waals surface area contributed by atoms with Crippen LogP contribution in [0.3, 0.4) is 0 Å². The Morgan fingerprint density at radius 3 is 2.81 bits per heavy atom. The lowest BCUT2D eigenvalue weighted by Gasteiger charge is -2.06. The number of benzene rings is 2. The van der Waals surface area contributed by atoms with Gasteiger partial charge in [0.15, 0.2) is 0 Å². The minimum Gasteiger partial charge on any atom is -0.384 e. The Balaban J connectivity index is 2.20. The van der Waals surface area contributed by atoms with Crippen LogP contribution in [0.2, 0.25) is 5.02 Å². The second-order valence-electron chi connectivity index (χ2n) is 4.15. The van der Waals surface area contributed by atoms with Gasteiger partial charge in [-0.1, -0.05) is 29.5 Å². The number of aliphatic hydroxyl groups excluding tert-OH is 1. The van der Waals surface area contributed by atoms with Crippen LogP contribution in [0.5, 0.6) is 0 Å². The van der Waals surface area contributed by atoms with Crippen molar-refractivity contribution >= 4 is 23.2 Å². The average Bonchev–Trinajstić information content (AvgIpc) is 2.44. The molecule has 21 heavy (non-hydrogen) atoms. The van der Waals surface area contributed by atoms with Gasteiger partial charge in [0.1, 0.15) is 12.4 Å². The Morgan fingerprint density at radius 2 is 2.10 bits per heavy atom. The number of carbonyl (C=O) groups excluding carboxylic acids is 1. The van der Waals surface area contributed by atoms with Gasteiger partial charge >= 0.3 is 0 Å². The Bertz CT molecular complexity index is 714. The zero-order chi connectivity index (χ0) is 15.2. The normalized spacial score (nSPS) is 9.67. The molecule has 0 heterocycles. The van der Waals surface area contributed by atoms with Crippen molar-refractivity contribution in [3.8, 4) is 11.8 Å². The molecule has 0 fully saturated rings. The molecule has 106 valence electrons. The minimum absolute atomic E-state index is 0.202. The monoisotopic (exact) mass is 303 g/mol. The van der Waals surface area contributed by atoms with E-state index in [-0.39, 0.29) is 17.3 Å². The number of anilines is 1. The van der Waals surface area contributed by atoms with Crippen LogP contribution in [0.4, 0.5) is 10.1 Å². The summed E-state index contributed by atoms with van der Waals surface area (Å²) in [4.78, 5) is 12.1. The minimum atomic E-state index is -0.527. The van der Waals surface area contributed by atoms with E-state index in [1.54, 1.807) is 24.3 Å². The lowest BCUT2D eigenvalue weighted by atomic mass is 10.1. The van der Waals surface area contributed by atoms with Gasteiger partial charge in [-0.3, -0.25) is 4.79 Å². The van der Waals surface area contributed by atoms with E-state index in [9.17, 15) is 9.18 Å². The van der Waals surface area contributed by atoms with E-state index in [1.165, 1.54) is 12.1 Å². The molecule has 2 rings (SSSR count).